The molecule has 31 heavy (non-hydrogen) atoms. The lowest BCUT2D eigenvalue weighted by molar-refractivity contribution is -0.435. The number of fused-ring (bicyclic) bond motifs is 7. The van der Waals surface area contributed by atoms with Gasteiger partial charge in [0.2, 0.25) is 5.41 Å². The van der Waals surface area contributed by atoms with Crippen molar-refractivity contribution in [1.82, 2.24) is 10.2 Å². The number of nitrogens with one attached hydrogen (secondary N) is 2. The topological polar surface area (TPSA) is 105 Å². The number of benzene rings is 2. The van der Waals surface area contributed by atoms with E-state index in [-0.39, 0.29) is 22.9 Å². The van der Waals surface area contributed by atoms with Gasteiger partial charge in [-0.1, -0.05) is 40.2 Å². The van der Waals surface area contributed by atoms with Crippen LogP contribution in [0, 0.1) is 10.1 Å². The van der Waals surface area contributed by atoms with Crippen molar-refractivity contribution < 1.29 is 14.5 Å². The molecule has 1 unspecified atom stereocenters. The van der Waals surface area contributed by atoms with Gasteiger partial charge in [-0.2, -0.15) is 0 Å². The van der Waals surface area contributed by atoms with Crippen LogP contribution in [0.15, 0.2) is 64.0 Å². The summed E-state index contributed by atoms with van der Waals surface area (Å²) in [6.07, 6.45) is 0.753. The molecule has 2 N–H and O–H groups in total. The van der Waals surface area contributed by atoms with Gasteiger partial charge in [-0.3, -0.25) is 19.7 Å². The number of anilines is 1. The number of nitro groups is 1. The molecule has 1 saturated heterocycles. The fraction of sp³-hybridized carbons (Fsp3) is 0.182. The smallest absolute Gasteiger partial charge is 0.310 e. The Morgan fingerprint density at radius 2 is 1.90 bits per heavy atom. The molecule has 9 heteroatoms. The van der Waals surface area contributed by atoms with Gasteiger partial charge in [0.1, 0.15) is 0 Å². The molecular formula is C22H15BrN4O4. The van der Waals surface area contributed by atoms with E-state index in [2.05, 4.69) is 26.6 Å². The highest BCUT2D eigenvalue weighted by Gasteiger charge is 2.67. The second kappa shape index (κ2) is 6.04. The lowest BCUT2D eigenvalue weighted by Gasteiger charge is -2.41. The molecule has 8 nitrogen and oxygen atoms in total. The van der Waals surface area contributed by atoms with Gasteiger partial charge < -0.3 is 15.5 Å². The van der Waals surface area contributed by atoms with Crippen molar-refractivity contribution in [2.45, 2.75) is 11.8 Å². The van der Waals surface area contributed by atoms with Gasteiger partial charge in [-0.15, -0.1) is 0 Å². The predicted molar refractivity (Wildman–Crippen MR) is 115 cm³/mol. The standard InChI is InChI=1S/C22H15BrN4O4/c23-11-6-7-15-14(10-11)22(21(29)25-15)16-17(12-4-1-2-5-13(12)18(16)28)26-9-3-8-24-20(26)19(22)27(30)31/h1-2,4-7,10,24H,3,8-9H2,(H,25,29). The van der Waals surface area contributed by atoms with E-state index in [0.29, 0.717) is 45.6 Å². The number of halogens is 1. The largest absolute Gasteiger partial charge is 0.366 e. The Kier molecular flexibility index (Phi) is 3.57. The number of rotatable bonds is 1. The first-order valence-electron chi connectivity index (χ1n) is 9.87. The number of hydrogen-bond acceptors (Lipinski definition) is 6. The zero-order valence-electron chi connectivity index (χ0n) is 16.1. The highest BCUT2D eigenvalue weighted by Crippen LogP contribution is 2.58. The molecule has 3 heterocycles. The summed E-state index contributed by atoms with van der Waals surface area (Å²) in [4.78, 5) is 41.2. The number of carbonyl (C=O) groups excluding carboxylic acids is 2. The fourth-order valence-electron chi connectivity index (χ4n) is 5.26. The fourth-order valence-corrected chi connectivity index (χ4v) is 5.62. The van der Waals surface area contributed by atoms with Gasteiger partial charge in [0.25, 0.3) is 5.91 Å². The third kappa shape index (κ3) is 2.09. The van der Waals surface area contributed by atoms with Gasteiger partial charge in [0.15, 0.2) is 11.6 Å². The first kappa shape index (κ1) is 18.3. The molecule has 0 radical (unpaired) electrons. The van der Waals surface area contributed by atoms with Gasteiger partial charge in [0, 0.05) is 39.9 Å². The Balaban J connectivity index is 1.79. The van der Waals surface area contributed by atoms with Gasteiger partial charge >= 0.3 is 5.70 Å². The van der Waals surface area contributed by atoms with E-state index in [4.69, 9.17) is 0 Å². The van der Waals surface area contributed by atoms with E-state index in [1.165, 1.54) is 0 Å². The second-order valence-corrected chi connectivity index (χ2v) is 8.79. The zero-order chi connectivity index (χ0) is 21.5. The summed E-state index contributed by atoms with van der Waals surface area (Å²) in [5.74, 6) is -0.652. The molecule has 0 aromatic heterocycles. The summed E-state index contributed by atoms with van der Waals surface area (Å²) in [5.41, 5.74) is 0.615. The molecule has 0 bridgehead atoms. The lowest BCUT2D eigenvalue weighted by atomic mass is 9.69. The Labute approximate surface area is 184 Å². The van der Waals surface area contributed by atoms with Crippen LogP contribution in [0.4, 0.5) is 5.69 Å². The van der Waals surface area contributed by atoms with Crippen LogP contribution in [0.25, 0.3) is 5.70 Å². The summed E-state index contributed by atoms with van der Waals surface area (Å²) in [7, 11) is 0. The van der Waals surface area contributed by atoms with Crippen molar-refractivity contribution >= 4 is 39.0 Å². The van der Waals surface area contributed by atoms with Crippen molar-refractivity contribution in [3.63, 3.8) is 0 Å². The number of Topliss-reactive ketones (excluding diaryl/α,β-unsaturated/α-hetero) is 1. The summed E-state index contributed by atoms with van der Waals surface area (Å²) in [6, 6.07) is 12.3. The van der Waals surface area contributed by atoms with Crippen LogP contribution in [-0.4, -0.2) is 34.6 Å². The third-order valence-corrected chi connectivity index (χ3v) is 6.89. The summed E-state index contributed by atoms with van der Waals surface area (Å²) in [6.45, 7) is 1.06. The first-order chi connectivity index (χ1) is 15.0. The third-order valence-electron chi connectivity index (χ3n) is 6.39. The predicted octanol–water partition coefficient (Wildman–Crippen LogP) is 3.00. The minimum atomic E-state index is -1.84. The normalized spacial score (nSPS) is 23.3. The molecular weight excluding hydrogens is 464 g/mol. The lowest BCUT2D eigenvalue weighted by Crippen LogP contribution is -2.52. The Morgan fingerprint density at radius 1 is 1.13 bits per heavy atom. The Morgan fingerprint density at radius 3 is 2.68 bits per heavy atom. The SMILES string of the molecule is O=C1C2=C(c3ccccc31)N1CCCNC1=C([N+](=O)[O-])C21C(=O)Nc2ccc(Br)cc21. The number of carbonyl (C=O) groups is 2. The van der Waals surface area contributed by atoms with E-state index in [1.807, 2.05) is 12.1 Å². The Bertz CT molecular complexity index is 1310. The van der Waals surface area contributed by atoms with E-state index in [1.54, 1.807) is 35.2 Å². The number of ketones is 1. The minimum Gasteiger partial charge on any atom is -0.366 e. The average molecular weight is 479 g/mol. The quantitative estimate of drug-likeness (QED) is 0.482. The molecule has 1 atom stereocenters. The molecule has 1 amide bonds. The maximum Gasteiger partial charge on any atom is 0.310 e. The van der Waals surface area contributed by atoms with Crippen molar-refractivity contribution in [2.75, 3.05) is 18.4 Å². The Hall–Kier alpha value is -3.46. The molecule has 1 fully saturated rings. The van der Waals surface area contributed by atoms with Crippen LogP contribution >= 0.6 is 15.9 Å². The highest BCUT2D eigenvalue weighted by molar-refractivity contribution is 9.10. The van der Waals surface area contributed by atoms with Crippen LogP contribution in [0.5, 0.6) is 0 Å². The molecule has 6 rings (SSSR count). The van der Waals surface area contributed by atoms with Crippen LogP contribution in [-0.2, 0) is 10.2 Å². The monoisotopic (exact) mass is 478 g/mol. The molecule has 1 aliphatic carbocycles. The number of hydrogen-bond donors (Lipinski definition) is 2. The van der Waals surface area contributed by atoms with Gasteiger partial charge in [-0.25, -0.2) is 0 Å². The van der Waals surface area contributed by atoms with Crippen LogP contribution in [0.3, 0.4) is 0 Å². The number of amides is 1. The van der Waals surface area contributed by atoms with Gasteiger partial charge in [0.05, 0.1) is 16.2 Å². The molecule has 2 aromatic rings. The number of nitrogens with zero attached hydrogens (tertiary/aromatic N) is 2. The summed E-state index contributed by atoms with van der Waals surface area (Å²) in [5, 5.41) is 18.5. The zero-order valence-corrected chi connectivity index (χ0v) is 17.7. The van der Waals surface area contributed by atoms with Crippen molar-refractivity contribution in [3.05, 3.63) is 90.8 Å². The average Bonchev–Trinajstić information content (AvgIpc) is 3.21. The van der Waals surface area contributed by atoms with E-state index in [9.17, 15) is 19.7 Å². The molecule has 1 spiro atoms. The van der Waals surface area contributed by atoms with Crippen molar-refractivity contribution in [3.8, 4) is 0 Å². The van der Waals surface area contributed by atoms with Crippen LogP contribution < -0.4 is 10.6 Å². The van der Waals surface area contributed by atoms with Crippen molar-refractivity contribution in [1.29, 1.82) is 0 Å². The van der Waals surface area contributed by atoms with E-state index < -0.39 is 16.2 Å². The summed E-state index contributed by atoms with van der Waals surface area (Å²) >= 11 is 3.42. The molecule has 4 aliphatic rings. The minimum absolute atomic E-state index is 0.155. The molecule has 3 aliphatic heterocycles. The molecule has 0 saturated carbocycles. The maximum atomic E-state index is 13.7. The van der Waals surface area contributed by atoms with Crippen molar-refractivity contribution in [2.24, 2.45) is 0 Å². The summed E-state index contributed by atoms with van der Waals surface area (Å²) < 4.78 is 0.666. The maximum absolute atomic E-state index is 13.7. The highest BCUT2D eigenvalue weighted by atomic mass is 79.9. The van der Waals surface area contributed by atoms with E-state index >= 15 is 0 Å². The molecule has 2 aromatic carbocycles. The van der Waals surface area contributed by atoms with Crippen LogP contribution in [0.2, 0.25) is 0 Å². The van der Waals surface area contributed by atoms with Crippen LogP contribution in [0.1, 0.15) is 27.9 Å². The first-order valence-corrected chi connectivity index (χ1v) is 10.7. The molecule has 154 valence electrons. The van der Waals surface area contributed by atoms with E-state index in [0.717, 1.165) is 6.42 Å². The second-order valence-electron chi connectivity index (χ2n) is 7.88. The van der Waals surface area contributed by atoms with Gasteiger partial charge in [-0.05, 0) is 24.6 Å².